The molecule has 5 rings (SSSR count). The van der Waals surface area contributed by atoms with Gasteiger partial charge in [0.1, 0.15) is 6.07 Å². The second kappa shape index (κ2) is 7.89. The Balaban J connectivity index is 1.60. The Bertz CT molecular complexity index is 1090. The predicted molar refractivity (Wildman–Crippen MR) is 134 cm³/mol. The lowest BCUT2D eigenvalue weighted by Crippen LogP contribution is -2.66. The highest BCUT2D eigenvalue weighted by atomic mass is 16.2. The van der Waals surface area contributed by atoms with Crippen molar-refractivity contribution in [1.29, 1.82) is 5.26 Å². The van der Waals surface area contributed by atoms with Gasteiger partial charge in [0.25, 0.3) is 0 Å². The molecule has 35 heavy (non-hydrogen) atoms. The molecule has 0 aromatic heterocycles. The molecule has 3 saturated carbocycles. The van der Waals surface area contributed by atoms with E-state index in [-0.39, 0.29) is 63.1 Å². The number of ketones is 2. The molecule has 0 bridgehead atoms. The molecule has 5 aliphatic rings. The van der Waals surface area contributed by atoms with E-state index >= 15 is 0 Å². The summed E-state index contributed by atoms with van der Waals surface area (Å²) in [6.07, 6.45) is 11.4. The first-order valence-electron chi connectivity index (χ1n) is 13.6. The number of hydrogen-bond acceptors (Lipinski definition) is 4. The van der Waals surface area contributed by atoms with Gasteiger partial charge in [-0.1, -0.05) is 46.3 Å². The number of nitrogens with zero attached hydrogens (tertiary/aromatic N) is 1. The number of rotatable bonds is 2. The molecule has 7 atom stereocenters. The molecular formula is C30H40N2O3. The van der Waals surface area contributed by atoms with Crippen molar-refractivity contribution < 1.29 is 14.4 Å². The van der Waals surface area contributed by atoms with E-state index in [1.807, 2.05) is 19.1 Å². The molecule has 1 amide bonds. The lowest BCUT2D eigenvalue weighted by atomic mass is 9.41. The van der Waals surface area contributed by atoms with Crippen LogP contribution in [0.2, 0.25) is 0 Å². The van der Waals surface area contributed by atoms with Crippen molar-refractivity contribution in [2.75, 3.05) is 0 Å². The summed E-state index contributed by atoms with van der Waals surface area (Å²) < 4.78 is 0. The van der Waals surface area contributed by atoms with E-state index in [4.69, 9.17) is 0 Å². The topological polar surface area (TPSA) is 87.0 Å². The maximum absolute atomic E-state index is 14.1. The minimum atomic E-state index is -0.427. The van der Waals surface area contributed by atoms with Gasteiger partial charge in [-0.3, -0.25) is 14.4 Å². The molecule has 5 heteroatoms. The number of carbonyl (C=O) groups is 3. The Kier molecular flexibility index (Phi) is 5.52. The zero-order valence-electron chi connectivity index (χ0n) is 22.0. The number of allylic oxidation sites excluding steroid dienone is 4. The Morgan fingerprint density at radius 1 is 1.09 bits per heavy atom. The summed E-state index contributed by atoms with van der Waals surface area (Å²) in [6, 6.07) is 2.12. The molecule has 0 saturated heterocycles. The number of Topliss-reactive ketones (excluding diaryl/α,β-unsaturated/α-hetero) is 1. The summed E-state index contributed by atoms with van der Waals surface area (Å²) in [7, 11) is 0. The SMILES string of the molecule is CCC(=O)NC12CCC3C(C(=O)C=C4C5(C)C=C(C#N)C(=O)CC5CCC43C)C1CC(C)(C)CC2. The van der Waals surface area contributed by atoms with Crippen molar-refractivity contribution in [1.82, 2.24) is 5.32 Å². The quantitative estimate of drug-likeness (QED) is 0.573. The second-order valence-electron chi connectivity index (χ2n) is 13.4. The van der Waals surface area contributed by atoms with E-state index in [9.17, 15) is 19.6 Å². The largest absolute Gasteiger partial charge is 0.350 e. The van der Waals surface area contributed by atoms with Gasteiger partial charge in [-0.05, 0) is 79.6 Å². The van der Waals surface area contributed by atoms with Crippen LogP contribution in [0.1, 0.15) is 92.4 Å². The van der Waals surface area contributed by atoms with Crippen LogP contribution >= 0.6 is 0 Å². The number of nitriles is 1. The summed E-state index contributed by atoms with van der Waals surface area (Å²) in [5.41, 5.74) is 0.701. The van der Waals surface area contributed by atoms with Gasteiger partial charge < -0.3 is 5.32 Å². The molecular weight excluding hydrogens is 436 g/mol. The normalized spacial score (nSPS) is 43.9. The third kappa shape index (κ3) is 3.50. The van der Waals surface area contributed by atoms with E-state index in [0.717, 1.165) is 50.5 Å². The first-order chi connectivity index (χ1) is 16.4. The van der Waals surface area contributed by atoms with Crippen LogP contribution in [-0.2, 0) is 14.4 Å². The van der Waals surface area contributed by atoms with Crippen molar-refractivity contribution in [2.24, 2.45) is 39.9 Å². The molecule has 3 fully saturated rings. The maximum atomic E-state index is 14.1. The van der Waals surface area contributed by atoms with Gasteiger partial charge in [-0.15, -0.1) is 0 Å². The number of carbonyl (C=O) groups excluding carboxylic acids is 3. The van der Waals surface area contributed by atoms with E-state index in [2.05, 4.69) is 39.1 Å². The molecule has 7 unspecified atom stereocenters. The highest BCUT2D eigenvalue weighted by Gasteiger charge is 2.64. The van der Waals surface area contributed by atoms with E-state index < -0.39 is 5.41 Å². The van der Waals surface area contributed by atoms with Gasteiger partial charge in [0.2, 0.25) is 5.91 Å². The van der Waals surface area contributed by atoms with Crippen molar-refractivity contribution in [3.05, 3.63) is 23.3 Å². The van der Waals surface area contributed by atoms with Crippen LogP contribution in [0.15, 0.2) is 23.3 Å². The molecule has 5 aliphatic carbocycles. The molecule has 1 N–H and O–H groups in total. The third-order valence-electron chi connectivity index (χ3n) is 11.0. The summed E-state index contributed by atoms with van der Waals surface area (Å²) in [4.78, 5) is 39.2. The second-order valence-corrected chi connectivity index (χ2v) is 13.4. The Hall–Kier alpha value is -2.22. The highest BCUT2D eigenvalue weighted by molar-refractivity contribution is 6.01. The number of nitrogens with one attached hydrogen (secondary N) is 1. The molecule has 0 aliphatic heterocycles. The maximum Gasteiger partial charge on any atom is 0.220 e. The van der Waals surface area contributed by atoms with Crippen LogP contribution < -0.4 is 5.32 Å². The van der Waals surface area contributed by atoms with Crippen molar-refractivity contribution in [3.8, 4) is 6.07 Å². The van der Waals surface area contributed by atoms with Gasteiger partial charge in [-0.2, -0.15) is 5.26 Å². The average Bonchev–Trinajstić information content (AvgIpc) is 2.80. The average molecular weight is 477 g/mol. The molecule has 188 valence electrons. The third-order valence-corrected chi connectivity index (χ3v) is 11.0. The van der Waals surface area contributed by atoms with Crippen LogP contribution in [0.4, 0.5) is 0 Å². The van der Waals surface area contributed by atoms with Crippen molar-refractivity contribution in [2.45, 2.75) is 97.9 Å². The van der Waals surface area contributed by atoms with Crippen LogP contribution in [0.25, 0.3) is 0 Å². The standard InChI is InChI=1S/C30H40N2O3/c1-6-25(35)32-30-10-8-20-26(21(30)16-27(2,3)11-12-30)23(34)14-24-28(20,4)9-7-19-13-22(33)18(17-31)15-29(19,24)5/h14-15,19-21,26H,6-13,16H2,1-5H3,(H,32,35). The lowest BCUT2D eigenvalue weighted by Gasteiger charge is -2.64. The van der Waals surface area contributed by atoms with Crippen LogP contribution in [0.3, 0.4) is 0 Å². The lowest BCUT2D eigenvalue weighted by molar-refractivity contribution is -0.144. The van der Waals surface area contributed by atoms with Crippen LogP contribution in [0, 0.1) is 51.2 Å². The van der Waals surface area contributed by atoms with Gasteiger partial charge in [-0.25, -0.2) is 0 Å². The molecule has 0 heterocycles. The number of fused-ring (bicyclic) bond motifs is 7. The molecule has 0 aromatic carbocycles. The first kappa shape index (κ1) is 24.5. The first-order valence-corrected chi connectivity index (χ1v) is 13.6. The zero-order chi connectivity index (χ0) is 25.4. The fourth-order valence-electron chi connectivity index (χ4n) is 9.00. The Labute approximate surface area is 209 Å². The Morgan fingerprint density at radius 2 is 1.83 bits per heavy atom. The summed E-state index contributed by atoms with van der Waals surface area (Å²) >= 11 is 0. The van der Waals surface area contributed by atoms with Gasteiger partial charge in [0, 0.05) is 29.7 Å². The Morgan fingerprint density at radius 3 is 2.51 bits per heavy atom. The minimum Gasteiger partial charge on any atom is -0.350 e. The van der Waals surface area contributed by atoms with Gasteiger partial charge >= 0.3 is 0 Å². The molecule has 0 aromatic rings. The molecule has 5 nitrogen and oxygen atoms in total. The fourth-order valence-corrected chi connectivity index (χ4v) is 9.00. The van der Waals surface area contributed by atoms with E-state index in [1.165, 1.54) is 0 Å². The van der Waals surface area contributed by atoms with Crippen LogP contribution in [0.5, 0.6) is 0 Å². The highest BCUT2D eigenvalue weighted by Crippen LogP contribution is 2.67. The molecule has 0 radical (unpaired) electrons. The van der Waals surface area contributed by atoms with Crippen molar-refractivity contribution >= 4 is 17.5 Å². The monoisotopic (exact) mass is 476 g/mol. The smallest absolute Gasteiger partial charge is 0.220 e. The van der Waals surface area contributed by atoms with E-state index in [0.29, 0.717) is 12.8 Å². The van der Waals surface area contributed by atoms with Gasteiger partial charge in [0.05, 0.1) is 5.57 Å². The van der Waals surface area contributed by atoms with Crippen LogP contribution in [-0.4, -0.2) is 23.0 Å². The van der Waals surface area contributed by atoms with Crippen molar-refractivity contribution in [3.63, 3.8) is 0 Å². The number of amides is 1. The molecule has 0 spiro atoms. The zero-order valence-corrected chi connectivity index (χ0v) is 22.0. The number of hydrogen-bond donors (Lipinski definition) is 1. The summed E-state index contributed by atoms with van der Waals surface area (Å²) in [6.45, 7) is 11.0. The fraction of sp³-hybridized carbons (Fsp3) is 0.733. The van der Waals surface area contributed by atoms with Gasteiger partial charge in [0.15, 0.2) is 11.6 Å². The summed E-state index contributed by atoms with van der Waals surface area (Å²) in [5.74, 6) is 0.674. The predicted octanol–water partition coefficient (Wildman–Crippen LogP) is 5.46. The minimum absolute atomic E-state index is 0.0576. The van der Waals surface area contributed by atoms with E-state index in [1.54, 1.807) is 0 Å². The summed E-state index contributed by atoms with van der Waals surface area (Å²) in [5, 5.41) is 13.0.